The van der Waals surface area contributed by atoms with Gasteiger partial charge in [0.15, 0.2) is 0 Å². The Hall–Kier alpha value is 0.150. The van der Waals surface area contributed by atoms with Crippen molar-refractivity contribution in [3.63, 3.8) is 0 Å². The third-order valence-electron chi connectivity index (χ3n) is 2.57. The smallest absolute Gasteiger partial charge is 0.239 e. The molecule has 1 rings (SSSR count). The molecule has 1 heterocycles. The predicted molar refractivity (Wildman–Crippen MR) is 88.5 cm³/mol. The molecule has 1 aromatic heterocycles. The SMILES string of the molecule is CCCC(C)(N)C(=O)NCCc1ccc(I)s1.Cl. The summed E-state index contributed by atoms with van der Waals surface area (Å²) in [7, 11) is 0. The Morgan fingerprint density at radius 2 is 2.22 bits per heavy atom. The lowest BCUT2D eigenvalue weighted by atomic mass is 9.96. The molecular weight excluding hydrogens is 383 g/mol. The van der Waals surface area contributed by atoms with E-state index in [1.165, 1.54) is 7.76 Å². The normalized spacial score (nSPS) is 13.6. The highest BCUT2D eigenvalue weighted by Gasteiger charge is 2.26. The molecule has 0 radical (unpaired) electrons. The van der Waals surface area contributed by atoms with Crippen molar-refractivity contribution in [3.8, 4) is 0 Å². The maximum absolute atomic E-state index is 11.8. The molecule has 0 bridgehead atoms. The summed E-state index contributed by atoms with van der Waals surface area (Å²) in [6.45, 7) is 4.48. The van der Waals surface area contributed by atoms with E-state index in [1.807, 2.05) is 6.92 Å². The van der Waals surface area contributed by atoms with E-state index in [2.05, 4.69) is 40.0 Å². The van der Waals surface area contributed by atoms with E-state index in [9.17, 15) is 4.79 Å². The van der Waals surface area contributed by atoms with Gasteiger partial charge < -0.3 is 11.1 Å². The topological polar surface area (TPSA) is 55.1 Å². The average Bonchev–Trinajstić information content (AvgIpc) is 2.64. The molecule has 1 amide bonds. The van der Waals surface area contributed by atoms with Crippen molar-refractivity contribution in [3.05, 3.63) is 19.9 Å². The van der Waals surface area contributed by atoms with Crippen LogP contribution in [0.5, 0.6) is 0 Å². The first-order valence-corrected chi connectivity index (χ1v) is 7.66. The molecule has 0 aliphatic heterocycles. The van der Waals surface area contributed by atoms with Gasteiger partial charge >= 0.3 is 0 Å². The average molecular weight is 403 g/mol. The summed E-state index contributed by atoms with van der Waals surface area (Å²) in [6, 6.07) is 4.19. The van der Waals surface area contributed by atoms with Gasteiger partial charge in [-0.05, 0) is 54.5 Å². The molecule has 0 aliphatic carbocycles. The fourth-order valence-corrected chi connectivity index (χ4v) is 3.38. The summed E-state index contributed by atoms with van der Waals surface area (Å²) in [6.07, 6.45) is 2.51. The molecule has 0 saturated carbocycles. The lowest BCUT2D eigenvalue weighted by Crippen LogP contribution is -2.51. The van der Waals surface area contributed by atoms with Crippen molar-refractivity contribution >= 4 is 52.2 Å². The molecule has 0 aliphatic rings. The number of carbonyl (C=O) groups excluding carboxylic acids is 1. The van der Waals surface area contributed by atoms with Crippen molar-refractivity contribution < 1.29 is 4.79 Å². The molecule has 3 N–H and O–H groups in total. The van der Waals surface area contributed by atoms with Crippen molar-refractivity contribution in [2.45, 2.75) is 38.6 Å². The second kappa shape index (κ2) is 8.35. The van der Waals surface area contributed by atoms with Gasteiger partial charge in [0.2, 0.25) is 5.91 Å². The van der Waals surface area contributed by atoms with E-state index in [-0.39, 0.29) is 18.3 Å². The van der Waals surface area contributed by atoms with E-state index in [0.29, 0.717) is 6.54 Å². The summed E-state index contributed by atoms with van der Waals surface area (Å²) in [5.74, 6) is -0.0504. The Morgan fingerprint density at radius 3 is 2.72 bits per heavy atom. The van der Waals surface area contributed by atoms with Gasteiger partial charge in [0, 0.05) is 11.4 Å². The Balaban J connectivity index is 0.00000289. The van der Waals surface area contributed by atoms with Crippen LogP contribution in [0.25, 0.3) is 0 Å². The first-order valence-electron chi connectivity index (χ1n) is 5.77. The molecule has 104 valence electrons. The third kappa shape index (κ3) is 5.86. The highest BCUT2D eigenvalue weighted by molar-refractivity contribution is 14.1. The minimum Gasteiger partial charge on any atom is -0.354 e. The van der Waals surface area contributed by atoms with Gasteiger partial charge in [-0.25, -0.2) is 0 Å². The van der Waals surface area contributed by atoms with Crippen LogP contribution in [0.4, 0.5) is 0 Å². The molecule has 6 heteroatoms. The fraction of sp³-hybridized carbons (Fsp3) is 0.583. The van der Waals surface area contributed by atoms with Gasteiger partial charge in [0.25, 0.3) is 0 Å². The molecule has 1 unspecified atom stereocenters. The lowest BCUT2D eigenvalue weighted by molar-refractivity contribution is -0.126. The van der Waals surface area contributed by atoms with Crippen molar-refractivity contribution in [1.82, 2.24) is 5.32 Å². The predicted octanol–water partition coefficient (Wildman–Crippen LogP) is 2.95. The van der Waals surface area contributed by atoms with Gasteiger partial charge in [0.1, 0.15) is 0 Å². The van der Waals surface area contributed by atoms with Gasteiger partial charge in [-0.1, -0.05) is 13.3 Å². The number of nitrogens with two attached hydrogens (primary N) is 1. The summed E-state index contributed by atoms with van der Waals surface area (Å²) in [5.41, 5.74) is 5.21. The van der Waals surface area contributed by atoms with Crippen LogP contribution >= 0.6 is 46.3 Å². The molecule has 3 nitrogen and oxygen atoms in total. The molecule has 0 aromatic carbocycles. The largest absolute Gasteiger partial charge is 0.354 e. The molecule has 0 fully saturated rings. The first-order chi connectivity index (χ1) is 7.95. The van der Waals surface area contributed by atoms with Crippen LogP contribution in [0.1, 0.15) is 31.6 Å². The second-order valence-electron chi connectivity index (χ2n) is 4.38. The van der Waals surface area contributed by atoms with E-state index < -0.39 is 5.54 Å². The van der Waals surface area contributed by atoms with Crippen molar-refractivity contribution in [2.75, 3.05) is 6.54 Å². The van der Waals surface area contributed by atoms with E-state index in [4.69, 9.17) is 5.73 Å². The van der Waals surface area contributed by atoms with Crippen LogP contribution in [0.3, 0.4) is 0 Å². The number of hydrogen-bond acceptors (Lipinski definition) is 3. The highest BCUT2D eigenvalue weighted by atomic mass is 127. The number of amides is 1. The van der Waals surface area contributed by atoms with Crippen LogP contribution < -0.4 is 11.1 Å². The Bertz CT molecular complexity index is 382. The highest BCUT2D eigenvalue weighted by Crippen LogP contribution is 2.18. The van der Waals surface area contributed by atoms with Gasteiger partial charge in [-0.15, -0.1) is 23.7 Å². The monoisotopic (exact) mass is 402 g/mol. The lowest BCUT2D eigenvalue weighted by Gasteiger charge is -2.22. The quantitative estimate of drug-likeness (QED) is 0.719. The zero-order valence-electron chi connectivity index (χ0n) is 10.7. The van der Waals surface area contributed by atoms with Crippen LogP contribution in [-0.2, 0) is 11.2 Å². The van der Waals surface area contributed by atoms with Gasteiger partial charge in [0.05, 0.1) is 8.42 Å². The maximum atomic E-state index is 11.8. The van der Waals surface area contributed by atoms with Gasteiger partial charge in [-0.2, -0.15) is 0 Å². The summed E-state index contributed by atoms with van der Waals surface area (Å²) in [4.78, 5) is 13.1. The fourth-order valence-electron chi connectivity index (χ4n) is 1.62. The zero-order valence-corrected chi connectivity index (χ0v) is 14.5. The van der Waals surface area contributed by atoms with E-state index in [0.717, 1.165) is 19.3 Å². The standard InChI is InChI=1S/C12H19IN2OS.ClH/c1-3-7-12(2,14)11(16)15-8-6-9-4-5-10(13)17-9;/h4-5H,3,6-8,14H2,1-2H3,(H,15,16);1H. The summed E-state index contributed by atoms with van der Waals surface area (Å²) in [5, 5.41) is 2.91. The molecule has 1 atom stereocenters. The third-order valence-corrected chi connectivity index (χ3v) is 4.53. The minimum absolute atomic E-state index is 0. The number of carbonyl (C=O) groups is 1. The second-order valence-corrected chi connectivity index (χ2v) is 7.44. The molecule has 0 saturated heterocycles. The number of thiophene rings is 1. The van der Waals surface area contributed by atoms with Gasteiger partial charge in [-0.3, -0.25) is 4.79 Å². The Labute approximate surface area is 132 Å². The number of nitrogens with one attached hydrogen (secondary N) is 1. The molecule has 1 aromatic rings. The molecular formula is C12H20ClIN2OS. The van der Waals surface area contributed by atoms with E-state index >= 15 is 0 Å². The van der Waals surface area contributed by atoms with Crippen LogP contribution in [0.2, 0.25) is 0 Å². The number of rotatable bonds is 6. The maximum Gasteiger partial charge on any atom is 0.239 e. The Morgan fingerprint density at radius 1 is 1.56 bits per heavy atom. The molecule has 18 heavy (non-hydrogen) atoms. The number of hydrogen-bond donors (Lipinski definition) is 2. The summed E-state index contributed by atoms with van der Waals surface area (Å²) < 4.78 is 1.28. The van der Waals surface area contributed by atoms with Crippen molar-refractivity contribution in [1.29, 1.82) is 0 Å². The summed E-state index contributed by atoms with van der Waals surface area (Å²) >= 11 is 4.06. The van der Waals surface area contributed by atoms with Crippen LogP contribution in [-0.4, -0.2) is 18.0 Å². The Kier molecular flexibility index (Phi) is 8.42. The van der Waals surface area contributed by atoms with Crippen LogP contribution in [0, 0.1) is 2.88 Å². The molecule has 0 spiro atoms. The van der Waals surface area contributed by atoms with Crippen molar-refractivity contribution in [2.24, 2.45) is 5.73 Å². The number of halogens is 2. The minimum atomic E-state index is -0.737. The van der Waals surface area contributed by atoms with E-state index in [1.54, 1.807) is 18.3 Å². The first kappa shape index (κ1) is 18.1. The zero-order chi connectivity index (χ0) is 12.9. The van der Waals surface area contributed by atoms with Crippen LogP contribution in [0.15, 0.2) is 12.1 Å².